The molecule has 2 heterocycles. The number of nitrogens with two attached hydrogens (primary N) is 1. The Kier molecular flexibility index (Phi) is 3.72. The molecule has 0 atom stereocenters. The molecule has 2 aromatic rings. The summed E-state index contributed by atoms with van der Waals surface area (Å²) in [4.78, 5) is 31.5. The van der Waals surface area contributed by atoms with E-state index in [4.69, 9.17) is 5.73 Å². The Balaban J connectivity index is 2.32. The van der Waals surface area contributed by atoms with Gasteiger partial charge in [0.25, 0.3) is 5.56 Å². The van der Waals surface area contributed by atoms with E-state index in [1.54, 1.807) is 0 Å². The van der Waals surface area contributed by atoms with Gasteiger partial charge in [-0.05, 0) is 19.4 Å². The Morgan fingerprint density at radius 1 is 1.50 bits per heavy atom. The van der Waals surface area contributed by atoms with Crippen LogP contribution in [0.1, 0.15) is 16.9 Å². The first-order chi connectivity index (χ1) is 8.49. The normalized spacial score (nSPS) is 11.0. The highest BCUT2D eigenvalue weighted by atomic mass is 32.2. The van der Waals surface area contributed by atoms with Crippen molar-refractivity contribution in [3.63, 3.8) is 0 Å². The molecule has 0 aliphatic rings. The number of carbonyl (C=O) groups is 1. The van der Waals surface area contributed by atoms with Crippen LogP contribution >= 0.6 is 23.1 Å². The fraction of sp³-hybridized carbons (Fsp3) is 0.364. The number of thiophene rings is 1. The van der Waals surface area contributed by atoms with Gasteiger partial charge in [-0.1, -0.05) is 11.8 Å². The van der Waals surface area contributed by atoms with Gasteiger partial charge >= 0.3 is 0 Å². The molecule has 3 N–H and O–H groups in total. The van der Waals surface area contributed by atoms with E-state index in [0.717, 1.165) is 15.3 Å². The number of hydrogen-bond acceptors (Lipinski definition) is 5. The third-order valence-corrected chi connectivity index (χ3v) is 4.58. The maximum Gasteiger partial charge on any atom is 0.260 e. The van der Waals surface area contributed by atoms with Gasteiger partial charge in [-0.2, -0.15) is 0 Å². The summed E-state index contributed by atoms with van der Waals surface area (Å²) in [6.45, 7) is 3.89. The summed E-state index contributed by atoms with van der Waals surface area (Å²) >= 11 is 2.84. The molecule has 7 heteroatoms. The summed E-state index contributed by atoms with van der Waals surface area (Å²) in [6.07, 6.45) is 0.273. The van der Waals surface area contributed by atoms with Crippen LogP contribution in [-0.2, 0) is 4.79 Å². The Labute approximate surface area is 112 Å². The smallest absolute Gasteiger partial charge is 0.260 e. The molecule has 0 spiro atoms. The minimum atomic E-state index is -0.353. The van der Waals surface area contributed by atoms with Gasteiger partial charge in [-0.25, -0.2) is 4.98 Å². The third kappa shape index (κ3) is 2.56. The summed E-state index contributed by atoms with van der Waals surface area (Å²) in [6, 6.07) is 0. The second-order valence-electron chi connectivity index (χ2n) is 3.90. The number of H-pyrrole nitrogens is 1. The zero-order valence-corrected chi connectivity index (χ0v) is 11.7. The van der Waals surface area contributed by atoms with E-state index in [2.05, 4.69) is 9.97 Å². The number of rotatable bonds is 4. The molecule has 1 amide bonds. The number of hydrogen-bond donors (Lipinski definition) is 2. The number of aromatic nitrogens is 2. The Hall–Kier alpha value is -1.34. The summed E-state index contributed by atoms with van der Waals surface area (Å²) < 4.78 is 0. The van der Waals surface area contributed by atoms with E-state index in [-0.39, 0.29) is 17.9 Å². The van der Waals surface area contributed by atoms with Crippen molar-refractivity contribution in [2.45, 2.75) is 25.4 Å². The Bertz CT molecular complexity index is 660. The van der Waals surface area contributed by atoms with Crippen LogP contribution in [0.2, 0.25) is 0 Å². The largest absolute Gasteiger partial charge is 0.370 e. The van der Waals surface area contributed by atoms with Crippen LogP contribution in [0.3, 0.4) is 0 Å². The molecule has 18 heavy (non-hydrogen) atoms. The number of nitrogens with one attached hydrogen (secondary N) is 1. The second-order valence-corrected chi connectivity index (χ2v) is 6.19. The zero-order valence-electron chi connectivity index (χ0n) is 10.1. The van der Waals surface area contributed by atoms with Crippen LogP contribution in [0.25, 0.3) is 10.2 Å². The Morgan fingerprint density at radius 2 is 2.22 bits per heavy atom. The SMILES string of the molecule is Cc1sc2nc(SCCC(N)=O)[nH]c(=O)c2c1C. The molecule has 0 saturated carbocycles. The van der Waals surface area contributed by atoms with Crippen molar-refractivity contribution in [1.29, 1.82) is 0 Å². The quantitative estimate of drug-likeness (QED) is 0.658. The molecule has 0 aliphatic carbocycles. The molecule has 96 valence electrons. The topological polar surface area (TPSA) is 88.8 Å². The van der Waals surface area contributed by atoms with Crippen molar-refractivity contribution >= 4 is 39.2 Å². The molecule has 0 saturated heterocycles. The lowest BCUT2D eigenvalue weighted by Gasteiger charge is -1.99. The maximum atomic E-state index is 11.9. The standard InChI is InChI=1S/C11H13N3O2S2/c1-5-6(2)18-10-8(5)9(16)13-11(14-10)17-4-3-7(12)15/h3-4H2,1-2H3,(H2,12,15)(H,13,14,16). The molecule has 0 bridgehead atoms. The number of primary amides is 1. The number of aryl methyl sites for hydroxylation is 2. The van der Waals surface area contributed by atoms with Gasteiger partial charge in [-0.15, -0.1) is 11.3 Å². The van der Waals surface area contributed by atoms with Crippen molar-refractivity contribution in [2.24, 2.45) is 5.73 Å². The number of aromatic amines is 1. The second kappa shape index (κ2) is 5.11. The maximum absolute atomic E-state index is 11.9. The van der Waals surface area contributed by atoms with Gasteiger partial charge in [0.1, 0.15) is 4.83 Å². The molecular weight excluding hydrogens is 270 g/mol. The van der Waals surface area contributed by atoms with Gasteiger partial charge in [0.2, 0.25) is 5.91 Å². The highest BCUT2D eigenvalue weighted by Crippen LogP contribution is 2.27. The van der Waals surface area contributed by atoms with Crippen molar-refractivity contribution in [1.82, 2.24) is 9.97 Å². The van der Waals surface area contributed by atoms with Crippen molar-refractivity contribution in [3.8, 4) is 0 Å². The summed E-state index contributed by atoms with van der Waals surface area (Å²) in [5.41, 5.74) is 5.92. The lowest BCUT2D eigenvalue weighted by molar-refractivity contribution is -0.117. The minimum absolute atomic E-state index is 0.122. The van der Waals surface area contributed by atoms with Gasteiger partial charge in [-0.3, -0.25) is 9.59 Å². The summed E-state index contributed by atoms with van der Waals surface area (Å²) in [5.74, 6) is 0.168. The molecule has 0 aliphatic heterocycles. The molecule has 0 radical (unpaired) electrons. The van der Waals surface area contributed by atoms with Crippen LogP contribution in [0, 0.1) is 13.8 Å². The molecule has 0 fully saturated rings. The monoisotopic (exact) mass is 283 g/mol. The number of amides is 1. The van der Waals surface area contributed by atoms with E-state index in [1.807, 2.05) is 13.8 Å². The lowest BCUT2D eigenvalue weighted by atomic mass is 10.2. The van der Waals surface area contributed by atoms with Gasteiger partial charge in [0.05, 0.1) is 5.39 Å². The average Bonchev–Trinajstić information content (AvgIpc) is 2.54. The number of thioether (sulfide) groups is 1. The summed E-state index contributed by atoms with van der Waals surface area (Å²) in [7, 11) is 0. The first kappa shape index (κ1) is 13.1. The minimum Gasteiger partial charge on any atom is -0.370 e. The van der Waals surface area contributed by atoms with Crippen LogP contribution in [0.15, 0.2) is 9.95 Å². The van der Waals surface area contributed by atoms with Gasteiger partial charge in [0, 0.05) is 17.1 Å². The fourth-order valence-corrected chi connectivity index (χ4v) is 3.46. The predicted molar refractivity (Wildman–Crippen MR) is 74.3 cm³/mol. The van der Waals surface area contributed by atoms with E-state index in [0.29, 0.717) is 16.3 Å². The molecular formula is C11H13N3O2S2. The molecule has 0 unspecified atom stereocenters. The first-order valence-electron chi connectivity index (χ1n) is 5.40. The number of carbonyl (C=O) groups excluding carboxylic acids is 1. The molecule has 0 aromatic carbocycles. The fourth-order valence-electron chi connectivity index (χ4n) is 1.55. The highest BCUT2D eigenvalue weighted by molar-refractivity contribution is 7.99. The van der Waals surface area contributed by atoms with E-state index >= 15 is 0 Å². The van der Waals surface area contributed by atoms with E-state index in [1.165, 1.54) is 23.1 Å². The third-order valence-electron chi connectivity index (χ3n) is 2.60. The first-order valence-corrected chi connectivity index (χ1v) is 7.20. The van der Waals surface area contributed by atoms with E-state index < -0.39 is 0 Å². The molecule has 5 nitrogen and oxygen atoms in total. The van der Waals surface area contributed by atoms with Crippen LogP contribution in [0.5, 0.6) is 0 Å². The summed E-state index contributed by atoms with van der Waals surface area (Å²) in [5, 5.41) is 1.20. The van der Waals surface area contributed by atoms with Crippen LogP contribution in [0.4, 0.5) is 0 Å². The predicted octanol–water partition coefficient (Wildman–Crippen LogP) is 1.57. The van der Waals surface area contributed by atoms with Crippen LogP contribution < -0.4 is 11.3 Å². The van der Waals surface area contributed by atoms with Gasteiger partial charge in [0.15, 0.2) is 5.16 Å². The van der Waals surface area contributed by atoms with E-state index in [9.17, 15) is 9.59 Å². The lowest BCUT2D eigenvalue weighted by Crippen LogP contribution is -2.12. The number of nitrogens with zero attached hydrogens (tertiary/aromatic N) is 1. The van der Waals surface area contributed by atoms with Gasteiger partial charge < -0.3 is 10.7 Å². The van der Waals surface area contributed by atoms with Crippen LogP contribution in [-0.4, -0.2) is 21.6 Å². The number of fused-ring (bicyclic) bond motifs is 1. The van der Waals surface area contributed by atoms with Crippen molar-refractivity contribution < 1.29 is 4.79 Å². The van der Waals surface area contributed by atoms with Crippen molar-refractivity contribution in [3.05, 3.63) is 20.8 Å². The Morgan fingerprint density at radius 3 is 2.89 bits per heavy atom. The van der Waals surface area contributed by atoms with Crippen molar-refractivity contribution in [2.75, 3.05) is 5.75 Å². The average molecular weight is 283 g/mol. The highest BCUT2D eigenvalue weighted by Gasteiger charge is 2.11. The molecule has 2 aromatic heterocycles. The molecule has 2 rings (SSSR count). The zero-order chi connectivity index (χ0) is 13.3.